The Morgan fingerprint density at radius 1 is 1.21 bits per heavy atom. The molecule has 6 heteroatoms. The number of carbonyl (C=O) groups is 1. The molecule has 3 aromatic rings. The fourth-order valence-electron chi connectivity index (χ4n) is 2.82. The number of carbonyl (C=O) groups excluding carboxylic acids is 1. The van der Waals surface area contributed by atoms with Crippen LogP contribution in [-0.4, -0.2) is 36.1 Å². The molecule has 0 unspecified atom stereocenters. The Morgan fingerprint density at radius 3 is 2.79 bits per heavy atom. The number of ether oxygens (including phenoxy) is 3. The summed E-state index contributed by atoms with van der Waals surface area (Å²) in [6.45, 7) is 1.20. The van der Waals surface area contributed by atoms with Crippen molar-refractivity contribution in [2.45, 2.75) is 6.29 Å². The number of hydrogen-bond donors (Lipinski definition) is 0. The Morgan fingerprint density at radius 2 is 2.00 bits per heavy atom. The van der Waals surface area contributed by atoms with Gasteiger partial charge in [0.2, 0.25) is 0 Å². The molecule has 1 fully saturated rings. The van der Waals surface area contributed by atoms with E-state index in [-0.39, 0.29) is 6.29 Å². The summed E-state index contributed by atoms with van der Waals surface area (Å²) in [6.07, 6.45) is 1.55. The van der Waals surface area contributed by atoms with Gasteiger partial charge in [0.25, 0.3) is 0 Å². The Kier molecular flexibility index (Phi) is 3.76. The van der Waals surface area contributed by atoms with Crippen molar-refractivity contribution in [1.82, 2.24) is 9.78 Å². The number of benzene rings is 2. The van der Waals surface area contributed by atoms with Gasteiger partial charge in [-0.1, -0.05) is 24.3 Å². The Bertz CT molecular complexity index is 897. The maximum absolute atomic E-state index is 11.9. The summed E-state index contributed by atoms with van der Waals surface area (Å²) in [5, 5.41) is 5.43. The van der Waals surface area contributed by atoms with E-state index in [9.17, 15) is 4.79 Å². The van der Waals surface area contributed by atoms with Gasteiger partial charge in [-0.25, -0.2) is 9.48 Å². The second kappa shape index (κ2) is 6.07. The number of fused-ring (bicyclic) bond motifs is 1. The van der Waals surface area contributed by atoms with Crippen LogP contribution in [0.15, 0.2) is 48.7 Å². The van der Waals surface area contributed by atoms with Crippen LogP contribution in [0, 0.1) is 0 Å². The molecule has 6 nitrogen and oxygen atoms in total. The molecule has 122 valence electrons. The van der Waals surface area contributed by atoms with Crippen molar-refractivity contribution in [3.05, 3.63) is 59.8 Å². The molecule has 2 aromatic carbocycles. The highest BCUT2D eigenvalue weighted by Crippen LogP contribution is 2.26. The van der Waals surface area contributed by atoms with Gasteiger partial charge >= 0.3 is 5.97 Å². The minimum Gasteiger partial charge on any atom is -0.465 e. The maximum atomic E-state index is 11.9. The van der Waals surface area contributed by atoms with E-state index in [1.807, 2.05) is 42.6 Å². The predicted octanol–water partition coefficient (Wildman–Crippen LogP) is 2.86. The molecule has 0 bridgehead atoms. The van der Waals surface area contributed by atoms with Crippen molar-refractivity contribution in [3.63, 3.8) is 0 Å². The molecular formula is C18H16N2O4. The summed E-state index contributed by atoms with van der Waals surface area (Å²) in [5.41, 5.74) is 2.88. The third-order valence-electron chi connectivity index (χ3n) is 3.97. The number of hydrogen-bond acceptors (Lipinski definition) is 5. The molecular weight excluding hydrogens is 308 g/mol. The lowest BCUT2D eigenvalue weighted by molar-refractivity contribution is -0.0441. The summed E-state index contributed by atoms with van der Waals surface area (Å²) in [4.78, 5) is 11.9. The smallest absolute Gasteiger partial charge is 0.340 e. The first kappa shape index (κ1) is 14.9. The molecule has 1 aromatic heterocycles. The van der Waals surface area contributed by atoms with Crippen molar-refractivity contribution in [2.24, 2.45) is 0 Å². The topological polar surface area (TPSA) is 62.6 Å². The molecule has 0 radical (unpaired) electrons. The van der Waals surface area contributed by atoms with Crippen molar-refractivity contribution in [3.8, 4) is 5.69 Å². The van der Waals surface area contributed by atoms with E-state index in [1.165, 1.54) is 7.11 Å². The largest absolute Gasteiger partial charge is 0.465 e. The van der Waals surface area contributed by atoms with Crippen molar-refractivity contribution in [1.29, 1.82) is 0 Å². The molecule has 0 atom stereocenters. The quantitative estimate of drug-likeness (QED) is 0.693. The van der Waals surface area contributed by atoms with Gasteiger partial charge in [0.15, 0.2) is 6.29 Å². The van der Waals surface area contributed by atoms with Crippen LogP contribution in [0.2, 0.25) is 0 Å². The van der Waals surface area contributed by atoms with Gasteiger partial charge in [-0.2, -0.15) is 5.10 Å². The zero-order chi connectivity index (χ0) is 16.5. The highest BCUT2D eigenvalue weighted by Gasteiger charge is 2.19. The van der Waals surface area contributed by atoms with E-state index >= 15 is 0 Å². The van der Waals surface area contributed by atoms with E-state index in [4.69, 9.17) is 14.2 Å². The second-order valence-electron chi connectivity index (χ2n) is 5.48. The molecule has 24 heavy (non-hydrogen) atoms. The second-order valence-corrected chi connectivity index (χ2v) is 5.48. The van der Waals surface area contributed by atoms with Crippen LogP contribution in [0.1, 0.15) is 22.2 Å². The Hall–Kier alpha value is -2.70. The lowest BCUT2D eigenvalue weighted by Gasteiger charge is -2.10. The van der Waals surface area contributed by atoms with Crippen LogP contribution >= 0.6 is 0 Å². The fraction of sp³-hybridized carbons (Fsp3) is 0.222. The van der Waals surface area contributed by atoms with Crippen molar-refractivity contribution in [2.75, 3.05) is 20.3 Å². The van der Waals surface area contributed by atoms with Crippen LogP contribution in [0.4, 0.5) is 0 Å². The van der Waals surface area contributed by atoms with Gasteiger partial charge in [-0.15, -0.1) is 0 Å². The maximum Gasteiger partial charge on any atom is 0.340 e. The summed E-state index contributed by atoms with van der Waals surface area (Å²) in [5.74, 6) is -0.396. The molecule has 0 saturated carbocycles. The first-order valence-electron chi connectivity index (χ1n) is 7.66. The highest BCUT2D eigenvalue weighted by atomic mass is 16.7. The van der Waals surface area contributed by atoms with Crippen LogP contribution in [-0.2, 0) is 14.2 Å². The van der Waals surface area contributed by atoms with Crippen LogP contribution in [0.25, 0.3) is 16.6 Å². The number of esters is 1. The molecule has 0 N–H and O–H groups in total. The molecule has 1 aliphatic heterocycles. The van der Waals surface area contributed by atoms with Crippen molar-refractivity contribution >= 4 is 16.9 Å². The molecule has 1 aliphatic rings. The van der Waals surface area contributed by atoms with Gasteiger partial charge in [0, 0.05) is 17.1 Å². The number of nitrogens with zero attached hydrogens (tertiary/aromatic N) is 2. The number of methoxy groups -OCH3 is 1. The summed E-state index contributed by atoms with van der Waals surface area (Å²) >= 11 is 0. The number of rotatable bonds is 3. The third-order valence-corrected chi connectivity index (χ3v) is 3.97. The minimum atomic E-state index is -0.396. The van der Waals surface area contributed by atoms with E-state index < -0.39 is 5.97 Å². The van der Waals surface area contributed by atoms with Crippen LogP contribution in [0.3, 0.4) is 0 Å². The standard InChI is InChI=1S/C18H16N2O4/c1-22-17(21)15-7-3-5-13-11-20(19-16(13)15)14-6-2-4-12(10-14)18-23-8-9-24-18/h2-7,10-11,18H,8-9H2,1H3. The Balaban J connectivity index is 1.77. The molecule has 4 rings (SSSR count). The average Bonchev–Trinajstić information content (AvgIpc) is 3.30. The Labute approximate surface area is 138 Å². The lowest BCUT2D eigenvalue weighted by Crippen LogP contribution is -2.03. The zero-order valence-electron chi connectivity index (χ0n) is 13.1. The molecule has 0 spiro atoms. The third kappa shape index (κ3) is 2.55. The molecule has 2 heterocycles. The predicted molar refractivity (Wildman–Crippen MR) is 87.1 cm³/mol. The van der Waals surface area contributed by atoms with Gasteiger partial charge in [-0.3, -0.25) is 0 Å². The summed E-state index contributed by atoms with van der Waals surface area (Å²) < 4.78 is 17.7. The molecule has 0 amide bonds. The molecule has 0 aliphatic carbocycles. The van der Waals surface area contributed by atoms with Crippen LogP contribution in [0.5, 0.6) is 0 Å². The SMILES string of the molecule is COC(=O)c1cccc2cn(-c3cccc(C4OCCO4)c3)nc12. The average molecular weight is 324 g/mol. The lowest BCUT2D eigenvalue weighted by atomic mass is 10.1. The first-order valence-corrected chi connectivity index (χ1v) is 7.66. The fourth-order valence-corrected chi connectivity index (χ4v) is 2.82. The van der Waals surface area contributed by atoms with Crippen LogP contribution < -0.4 is 0 Å². The van der Waals surface area contributed by atoms with Gasteiger partial charge in [0.1, 0.15) is 5.52 Å². The van der Waals surface area contributed by atoms with Gasteiger partial charge in [0.05, 0.1) is 31.6 Å². The van der Waals surface area contributed by atoms with E-state index in [1.54, 1.807) is 10.7 Å². The normalized spacial score (nSPS) is 15.0. The van der Waals surface area contributed by atoms with E-state index in [2.05, 4.69) is 5.10 Å². The van der Waals surface area contributed by atoms with Crippen molar-refractivity contribution < 1.29 is 19.0 Å². The highest BCUT2D eigenvalue weighted by molar-refractivity contribution is 6.02. The first-order chi connectivity index (χ1) is 11.8. The van der Waals surface area contributed by atoms with E-state index in [0.717, 1.165) is 16.6 Å². The van der Waals surface area contributed by atoms with E-state index in [0.29, 0.717) is 24.3 Å². The van der Waals surface area contributed by atoms with Gasteiger partial charge < -0.3 is 14.2 Å². The monoisotopic (exact) mass is 324 g/mol. The summed E-state index contributed by atoms with van der Waals surface area (Å²) in [7, 11) is 1.36. The van der Waals surface area contributed by atoms with Gasteiger partial charge in [-0.05, 0) is 18.2 Å². The minimum absolute atomic E-state index is 0.333. The zero-order valence-corrected chi connectivity index (χ0v) is 13.1. The molecule has 1 saturated heterocycles. The number of aromatic nitrogens is 2. The summed E-state index contributed by atoms with van der Waals surface area (Å²) in [6, 6.07) is 13.3.